The first kappa shape index (κ1) is 24.6. The topological polar surface area (TPSA) is 51.0 Å². The van der Waals surface area contributed by atoms with Crippen molar-refractivity contribution in [3.05, 3.63) is 51.6 Å². The van der Waals surface area contributed by atoms with Crippen molar-refractivity contribution < 1.29 is 14.6 Å². The van der Waals surface area contributed by atoms with Gasteiger partial charge in [0.2, 0.25) is 0 Å². The quantitative estimate of drug-likeness (QED) is 0.528. The van der Waals surface area contributed by atoms with Crippen LogP contribution >= 0.6 is 0 Å². The molecule has 0 bridgehead atoms. The van der Waals surface area contributed by atoms with E-state index < -0.39 is 0 Å². The molecule has 2 heterocycles. The summed E-state index contributed by atoms with van der Waals surface area (Å²) in [5, 5.41) is 11.3. The highest BCUT2D eigenvalue weighted by molar-refractivity contribution is 6.16. The van der Waals surface area contributed by atoms with Crippen molar-refractivity contribution >= 4 is 5.71 Å². The van der Waals surface area contributed by atoms with E-state index in [-0.39, 0.29) is 22.0 Å². The number of hydrogen-bond acceptors (Lipinski definition) is 4. The monoisotopic (exact) mass is 463 g/mol. The fraction of sp³-hybridized carbons (Fsp3) is 0.567. The number of aliphatic imine (C=N–C) groups is 1. The van der Waals surface area contributed by atoms with Gasteiger partial charge in [-0.15, -0.1) is 0 Å². The summed E-state index contributed by atoms with van der Waals surface area (Å²) < 4.78 is 12.1. The molecule has 4 rings (SSSR count). The molecule has 0 saturated carbocycles. The Morgan fingerprint density at radius 2 is 1.47 bits per heavy atom. The second-order valence-corrected chi connectivity index (χ2v) is 13.3. The van der Waals surface area contributed by atoms with Crippen molar-refractivity contribution in [2.24, 2.45) is 4.99 Å². The molecule has 0 fully saturated rings. The molecule has 2 aliphatic rings. The Morgan fingerprint density at radius 3 is 1.97 bits per heavy atom. The normalized spacial score (nSPS) is 18.6. The second-order valence-electron chi connectivity index (χ2n) is 13.3. The van der Waals surface area contributed by atoms with Crippen LogP contribution in [0.1, 0.15) is 103 Å². The van der Waals surface area contributed by atoms with Gasteiger partial charge in [-0.1, -0.05) is 41.5 Å². The van der Waals surface area contributed by atoms with Crippen LogP contribution in [-0.4, -0.2) is 29.1 Å². The fourth-order valence-corrected chi connectivity index (χ4v) is 5.34. The third kappa shape index (κ3) is 4.21. The minimum atomic E-state index is -0.301. The molecule has 4 heteroatoms. The first-order valence-corrected chi connectivity index (χ1v) is 12.3. The summed E-state index contributed by atoms with van der Waals surface area (Å²) in [6, 6.07) is 6.43. The molecule has 2 aliphatic heterocycles. The van der Waals surface area contributed by atoms with Gasteiger partial charge in [0.05, 0.1) is 18.4 Å². The SMILES string of the molecule is COc1cc2c(c3c1OC(C)(C)C3)C(c1cc(C(C)(C)C)c(O)c(C(C)(C)C)c1)=NC(C)(C)C2. The predicted octanol–water partition coefficient (Wildman–Crippen LogP) is 6.88. The standard InChI is InChI=1S/C30H41NO3/c1-27(2,3)20-12-17(13-21(25(20)32)28(4,5)6)24-23-18(15-29(7,8)31-24)14-22(33-11)26-19(23)16-30(9,10)34-26/h12-14,32H,15-16H2,1-11H3. The number of aromatic hydroxyl groups is 1. The van der Waals surface area contributed by atoms with Crippen LogP contribution in [0.25, 0.3) is 0 Å². The molecular weight excluding hydrogens is 422 g/mol. The fourth-order valence-electron chi connectivity index (χ4n) is 5.34. The van der Waals surface area contributed by atoms with Gasteiger partial charge in [-0.05, 0) is 68.7 Å². The van der Waals surface area contributed by atoms with Gasteiger partial charge in [-0.2, -0.15) is 0 Å². The first-order valence-electron chi connectivity index (χ1n) is 12.3. The minimum Gasteiger partial charge on any atom is -0.507 e. The smallest absolute Gasteiger partial charge is 0.166 e. The van der Waals surface area contributed by atoms with Crippen LogP contribution in [-0.2, 0) is 23.7 Å². The summed E-state index contributed by atoms with van der Waals surface area (Å²) in [6.07, 6.45) is 1.64. The molecular formula is C30H41NO3. The number of fused-ring (bicyclic) bond motifs is 3. The Morgan fingerprint density at radius 1 is 0.912 bits per heavy atom. The van der Waals surface area contributed by atoms with Crippen LogP contribution in [0.3, 0.4) is 0 Å². The Kier molecular flexibility index (Phi) is 5.43. The highest BCUT2D eigenvalue weighted by atomic mass is 16.5. The van der Waals surface area contributed by atoms with Crippen molar-refractivity contribution in [3.63, 3.8) is 0 Å². The number of rotatable bonds is 2. The zero-order valence-electron chi connectivity index (χ0n) is 22.9. The number of phenols is 1. The predicted molar refractivity (Wildman–Crippen MR) is 140 cm³/mol. The lowest BCUT2D eigenvalue weighted by atomic mass is 9.76. The maximum Gasteiger partial charge on any atom is 0.166 e. The number of methoxy groups -OCH3 is 1. The highest BCUT2D eigenvalue weighted by Gasteiger charge is 2.40. The molecule has 0 aromatic heterocycles. The minimum absolute atomic E-state index is 0.208. The van der Waals surface area contributed by atoms with E-state index in [0.29, 0.717) is 5.75 Å². The average molecular weight is 464 g/mol. The average Bonchev–Trinajstić information content (AvgIpc) is 2.99. The van der Waals surface area contributed by atoms with Crippen molar-refractivity contribution in [2.75, 3.05) is 7.11 Å². The second kappa shape index (κ2) is 7.50. The van der Waals surface area contributed by atoms with Gasteiger partial charge < -0.3 is 14.6 Å². The molecule has 0 spiro atoms. The van der Waals surface area contributed by atoms with Crippen LogP contribution in [0.2, 0.25) is 0 Å². The first-order chi connectivity index (χ1) is 15.4. The van der Waals surface area contributed by atoms with Crippen LogP contribution in [0.15, 0.2) is 23.2 Å². The number of phenolic OH excluding ortho intramolecular Hbond substituents is 1. The summed E-state index contributed by atoms with van der Waals surface area (Å²) in [4.78, 5) is 5.32. The Labute approximate surface area is 205 Å². The van der Waals surface area contributed by atoms with Crippen LogP contribution in [0, 0.1) is 0 Å². The number of benzene rings is 2. The molecule has 184 valence electrons. The maximum atomic E-state index is 11.3. The lowest BCUT2D eigenvalue weighted by Crippen LogP contribution is -2.31. The number of ether oxygens (including phenoxy) is 2. The molecule has 0 saturated heterocycles. The van der Waals surface area contributed by atoms with Crippen molar-refractivity contribution in [2.45, 2.75) is 104 Å². The zero-order chi connectivity index (χ0) is 25.4. The summed E-state index contributed by atoms with van der Waals surface area (Å²) in [5.41, 5.74) is 6.57. The molecule has 0 aliphatic carbocycles. The van der Waals surface area contributed by atoms with Crippen LogP contribution in [0.4, 0.5) is 0 Å². The third-order valence-electron chi connectivity index (χ3n) is 6.90. The number of hydrogen-bond donors (Lipinski definition) is 1. The van der Waals surface area contributed by atoms with E-state index >= 15 is 0 Å². The van der Waals surface area contributed by atoms with Gasteiger partial charge in [-0.25, -0.2) is 0 Å². The van der Waals surface area contributed by atoms with E-state index in [1.807, 2.05) is 0 Å². The van der Waals surface area contributed by atoms with Crippen LogP contribution < -0.4 is 9.47 Å². The molecule has 0 atom stereocenters. The van der Waals surface area contributed by atoms with E-state index in [1.54, 1.807) is 7.11 Å². The summed E-state index contributed by atoms with van der Waals surface area (Å²) >= 11 is 0. The van der Waals surface area contributed by atoms with Gasteiger partial charge in [-0.3, -0.25) is 4.99 Å². The number of nitrogens with zero attached hydrogens (tertiary/aromatic N) is 1. The molecule has 0 unspecified atom stereocenters. The molecule has 0 radical (unpaired) electrons. The Bertz CT molecular complexity index is 1150. The van der Waals surface area contributed by atoms with Crippen LogP contribution in [0.5, 0.6) is 17.2 Å². The van der Waals surface area contributed by atoms with Gasteiger partial charge in [0.1, 0.15) is 11.4 Å². The maximum absolute atomic E-state index is 11.3. The van der Waals surface area contributed by atoms with E-state index in [4.69, 9.17) is 14.5 Å². The largest absolute Gasteiger partial charge is 0.507 e. The third-order valence-corrected chi connectivity index (χ3v) is 6.90. The van der Waals surface area contributed by atoms with E-state index in [2.05, 4.69) is 87.4 Å². The zero-order valence-corrected chi connectivity index (χ0v) is 22.9. The lowest BCUT2D eigenvalue weighted by Gasteiger charge is -2.33. The van der Waals surface area contributed by atoms with Gasteiger partial charge >= 0.3 is 0 Å². The van der Waals surface area contributed by atoms with E-state index in [1.165, 1.54) is 16.7 Å². The molecule has 34 heavy (non-hydrogen) atoms. The van der Waals surface area contributed by atoms with Gasteiger partial charge in [0, 0.05) is 34.2 Å². The van der Waals surface area contributed by atoms with Crippen molar-refractivity contribution in [1.29, 1.82) is 0 Å². The summed E-state index contributed by atoms with van der Waals surface area (Å²) in [5.74, 6) is 2.03. The molecule has 2 aromatic rings. The Balaban J connectivity index is 2.06. The van der Waals surface area contributed by atoms with E-state index in [0.717, 1.165) is 46.7 Å². The van der Waals surface area contributed by atoms with Crippen molar-refractivity contribution in [3.8, 4) is 17.2 Å². The van der Waals surface area contributed by atoms with Gasteiger partial charge in [0.25, 0.3) is 0 Å². The molecule has 1 N–H and O–H groups in total. The molecule has 2 aromatic carbocycles. The van der Waals surface area contributed by atoms with E-state index in [9.17, 15) is 5.11 Å². The molecule has 4 nitrogen and oxygen atoms in total. The Hall–Kier alpha value is -2.49. The lowest BCUT2D eigenvalue weighted by molar-refractivity contribution is 0.134. The molecule has 0 amide bonds. The summed E-state index contributed by atoms with van der Waals surface area (Å²) in [6.45, 7) is 21.5. The van der Waals surface area contributed by atoms with Gasteiger partial charge in [0.15, 0.2) is 11.5 Å². The highest BCUT2D eigenvalue weighted by Crippen LogP contribution is 2.48. The summed E-state index contributed by atoms with van der Waals surface area (Å²) in [7, 11) is 1.71. The van der Waals surface area contributed by atoms with Crippen molar-refractivity contribution in [1.82, 2.24) is 0 Å².